The van der Waals surface area contributed by atoms with E-state index < -0.39 is 0 Å². The van der Waals surface area contributed by atoms with E-state index in [1.54, 1.807) is 0 Å². The Kier molecular flexibility index (Phi) is 20.2. The van der Waals surface area contributed by atoms with Crippen molar-refractivity contribution in [3.63, 3.8) is 0 Å². The molecule has 0 rings (SSSR count). The molecular weight excluding hydrogens is 187 g/mol. The molecule has 0 amide bonds. The van der Waals surface area contributed by atoms with Gasteiger partial charge in [-0.3, -0.25) is 0 Å². The van der Waals surface area contributed by atoms with Crippen LogP contribution in [0.4, 0.5) is 0 Å². The summed E-state index contributed by atoms with van der Waals surface area (Å²) in [5, 5.41) is 0. The zero-order chi connectivity index (χ0) is 2.71. The Labute approximate surface area is 51.5 Å². The first-order valence-electron chi connectivity index (χ1n) is 0.333. The summed E-state index contributed by atoms with van der Waals surface area (Å²) < 4.78 is 0. The summed E-state index contributed by atoms with van der Waals surface area (Å²) in [5.41, 5.74) is 0. The van der Waals surface area contributed by atoms with Crippen LogP contribution in [-0.4, -0.2) is 17.4 Å². The molecule has 0 saturated carbocycles. The van der Waals surface area contributed by atoms with Crippen molar-refractivity contribution in [2.24, 2.45) is 0 Å². The van der Waals surface area contributed by atoms with Gasteiger partial charge in [-0.25, -0.2) is 0 Å². The standard InChI is InChI=1S/Al.Mo.2S.3H. The molecule has 0 bridgehead atoms. The van der Waals surface area contributed by atoms with Gasteiger partial charge in [0.1, 0.15) is 0 Å². The van der Waals surface area contributed by atoms with Gasteiger partial charge in [-0.05, 0) is 0 Å². The Morgan fingerprint density at radius 2 is 1.25 bits per heavy atom. The van der Waals surface area contributed by atoms with Crippen molar-refractivity contribution in [1.82, 2.24) is 0 Å². The van der Waals surface area contributed by atoms with Crippen molar-refractivity contribution in [3.8, 4) is 0 Å². The number of rotatable bonds is 0. The van der Waals surface area contributed by atoms with Gasteiger partial charge in [-0.1, -0.05) is 0 Å². The molecular formula is H3AlMoS2. The molecule has 0 radical (unpaired) electrons. The van der Waals surface area contributed by atoms with Crippen molar-refractivity contribution in [1.29, 1.82) is 0 Å². The van der Waals surface area contributed by atoms with E-state index in [2.05, 4.69) is 19.6 Å². The molecule has 0 aromatic carbocycles. The van der Waals surface area contributed by atoms with Crippen molar-refractivity contribution < 1.29 is 14.9 Å². The fourth-order valence-electron chi connectivity index (χ4n) is 0. The van der Waals surface area contributed by atoms with Gasteiger partial charge in [0.05, 0.1) is 0 Å². The van der Waals surface area contributed by atoms with E-state index >= 15 is 0 Å². The van der Waals surface area contributed by atoms with E-state index in [9.17, 15) is 0 Å². The van der Waals surface area contributed by atoms with Crippen molar-refractivity contribution in [2.45, 2.75) is 0 Å². The van der Waals surface area contributed by atoms with E-state index in [4.69, 9.17) is 0 Å². The molecule has 0 unspecified atom stereocenters. The predicted octanol–water partition coefficient (Wildman–Crippen LogP) is 0.110. The zero-order valence-electron chi connectivity index (χ0n) is 1.22. The molecule has 0 aromatic rings. The Bertz CT molecular complexity index is 27.0. The Balaban J connectivity index is 0. The molecule has 24 valence electrons. The molecule has 0 aliphatic carbocycles. The normalized spacial score (nSPS) is 3.00. The van der Waals surface area contributed by atoms with Gasteiger partial charge in [0, 0.05) is 0 Å². The summed E-state index contributed by atoms with van der Waals surface area (Å²) >= 11 is -0.363. The third-order valence-electron chi connectivity index (χ3n) is 0. The van der Waals surface area contributed by atoms with Crippen LogP contribution in [0, 0.1) is 0 Å². The molecule has 0 spiro atoms. The fraction of sp³-hybridized carbons (Fsp3) is 0. The van der Waals surface area contributed by atoms with E-state index in [-0.39, 0.29) is 32.3 Å². The van der Waals surface area contributed by atoms with Crippen LogP contribution < -0.4 is 0 Å². The topological polar surface area (TPSA) is 0 Å². The average molecular weight is 190 g/mol. The molecule has 0 aromatic heterocycles. The quantitative estimate of drug-likeness (QED) is 0.497. The molecule has 0 fully saturated rings. The molecule has 0 saturated heterocycles. The van der Waals surface area contributed by atoms with Gasteiger partial charge in [-0.2, -0.15) is 0 Å². The summed E-state index contributed by atoms with van der Waals surface area (Å²) in [6.07, 6.45) is 0. The fourth-order valence-corrected chi connectivity index (χ4v) is 0. The SMILES string of the molecule is [AlH3].[S]=[Mo]=[S]. The minimum atomic E-state index is -0.363. The second-order valence-electron chi connectivity index (χ2n) is 0.0680. The van der Waals surface area contributed by atoms with Gasteiger partial charge in [0.25, 0.3) is 0 Å². The van der Waals surface area contributed by atoms with Crippen LogP contribution in [0.5, 0.6) is 0 Å². The third kappa shape index (κ3) is 9.40. The van der Waals surface area contributed by atoms with Crippen LogP contribution >= 0.6 is 19.6 Å². The molecule has 0 heterocycles. The maximum atomic E-state index is 4.34. The number of hydrogen-bond donors (Lipinski definition) is 0. The van der Waals surface area contributed by atoms with Crippen LogP contribution in [0.1, 0.15) is 0 Å². The Morgan fingerprint density at radius 3 is 1.25 bits per heavy atom. The van der Waals surface area contributed by atoms with E-state index in [1.165, 1.54) is 0 Å². The summed E-state index contributed by atoms with van der Waals surface area (Å²) in [7, 11) is 8.68. The van der Waals surface area contributed by atoms with Gasteiger partial charge >= 0.3 is 34.6 Å². The number of hydrogen-bond acceptors (Lipinski definition) is 2. The van der Waals surface area contributed by atoms with Crippen LogP contribution in [0.15, 0.2) is 0 Å². The van der Waals surface area contributed by atoms with Gasteiger partial charge in [0.15, 0.2) is 17.4 Å². The van der Waals surface area contributed by atoms with Crippen molar-refractivity contribution in [3.05, 3.63) is 0 Å². The van der Waals surface area contributed by atoms with Crippen LogP contribution in [0.2, 0.25) is 0 Å². The second-order valence-corrected chi connectivity index (χ2v) is 3.62. The summed E-state index contributed by atoms with van der Waals surface area (Å²) in [5.74, 6) is 0. The van der Waals surface area contributed by atoms with Gasteiger partial charge in [-0.15, -0.1) is 0 Å². The molecule has 4 heteroatoms. The van der Waals surface area contributed by atoms with Crippen molar-refractivity contribution in [2.75, 3.05) is 0 Å². The molecule has 0 nitrogen and oxygen atoms in total. The molecule has 0 atom stereocenters. The first kappa shape index (κ1) is 9.18. The Hall–Kier alpha value is 1.66. The van der Waals surface area contributed by atoms with E-state index in [1.807, 2.05) is 0 Å². The first-order valence-corrected chi connectivity index (χ1v) is 5.92. The van der Waals surface area contributed by atoms with Gasteiger partial charge < -0.3 is 0 Å². The van der Waals surface area contributed by atoms with Crippen LogP contribution in [0.25, 0.3) is 0 Å². The minimum absolute atomic E-state index is 0. The first-order chi connectivity index (χ1) is 1.41. The molecule has 4 heavy (non-hydrogen) atoms. The van der Waals surface area contributed by atoms with Crippen molar-refractivity contribution >= 4 is 37.0 Å². The summed E-state index contributed by atoms with van der Waals surface area (Å²) in [6.45, 7) is 0. The molecule has 0 aliphatic rings. The van der Waals surface area contributed by atoms with E-state index in [0.29, 0.717) is 0 Å². The maximum absolute atomic E-state index is 4.34. The summed E-state index contributed by atoms with van der Waals surface area (Å²) in [4.78, 5) is 0. The average Bonchev–Trinajstić information content (AvgIpc) is 0.918. The Morgan fingerprint density at radius 1 is 1.25 bits per heavy atom. The monoisotopic (exact) mass is 192 g/mol. The van der Waals surface area contributed by atoms with Gasteiger partial charge in [0.2, 0.25) is 0 Å². The van der Waals surface area contributed by atoms with E-state index in [0.717, 1.165) is 0 Å². The zero-order valence-corrected chi connectivity index (χ0v) is 4.86. The summed E-state index contributed by atoms with van der Waals surface area (Å²) in [6, 6.07) is 0. The van der Waals surface area contributed by atoms with Crippen LogP contribution in [-0.2, 0) is 14.9 Å². The van der Waals surface area contributed by atoms with Crippen LogP contribution in [0.3, 0.4) is 0 Å². The molecule has 0 N–H and O–H groups in total. The molecule has 0 aliphatic heterocycles. The second kappa shape index (κ2) is 8.82. The third-order valence-corrected chi connectivity index (χ3v) is 0. The predicted molar refractivity (Wildman–Crippen MR) is 25.1 cm³/mol.